The molecule has 7 heteroatoms. The molecule has 0 aliphatic carbocycles. The van der Waals surface area contributed by atoms with E-state index in [1.54, 1.807) is 4.57 Å². The first-order valence-corrected chi connectivity index (χ1v) is 10.0. The van der Waals surface area contributed by atoms with Gasteiger partial charge >= 0.3 is 0 Å². The van der Waals surface area contributed by atoms with Gasteiger partial charge in [0.1, 0.15) is 11.1 Å². The third-order valence-corrected chi connectivity index (χ3v) is 5.08. The third-order valence-electron chi connectivity index (χ3n) is 5.08. The molecule has 154 valence electrons. The van der Waals surface area contributed by atoms with Crippen molar-refractivity contribution in [1.82, 2.24) is 9.55 Å². The summed E-state index contributed by atoms with van der Waals surface area (Å²) in [6.07, 6.45) is 1.92. The summed E-state index contributed by atoms with van der Waals surface area (Å²) in [4.78, 5) is 31.0. The number of para-hydroxylation sites is 1. The molecular weight excluding hydrogens is 380 g/mol. The van der Waals surface area contributed by atoms with Gasteiger partial charge in [0.2, 0.25) is 11.5 Å². The van der Waals surface area contributed by atoms with Gasteiger partial charge in [0.05, 0.1) is 18.3 Å². The molecule has 4 rings (SSSR count). The number of nitrogens with zero attached hydrogens (tertiary/aromatic N) is 2. The molecule has 0 fully saturated rings. The SMILES string of the molecule is C=c1c(=O)[nH]c2n1Cc1cc(OC(C)CCCC(=O)Nc3ccccc3)ccc1N=2. The minimum atomic E-state index is -0.219. The van der Waals surface area contributed by atoms with Crippen molar-refractivity contribution in [2.45, 2.75) is 38.8 Å². The molecule has 7 nitrogen and oxygen atoms in total. The smallest absolute Gasteiger partial charge is 0.274 e. The van der Waals surface area contributed by atoms with Crippen LogP contribution in [0.1, 0.15) is 31.7 Å². The van der Waals surface area contributed by atoms with Gasteiger partial charge in [-0.2, -0.15) is 0 Å². The highest BCUT2D eigenvalue weighted by atomic mass is 16.5. The molecule has 0 radical (unpaired) electrons. The first kappa shape index (κ1) is 19.7. The molecule has 0 bridgehead atoms. The van der Waals surface area contributed by atoms with Gasteiger partial charge in [-0.15, -0.1) is 0 Å². The standard InChI is InChI=1S/C23H24N4O3/c1-15(7-6-10-21(28)24-18-8-4-3-5-9-18)30-19-11-12-20-17(13-19)14-27-16(2)22(29)26-23(27)25-20/h3-5,8-9,11-13,15H,2,6-7,10,14H2,1H3,(H,24,28)(H,25,26,29). The summed E-state index contributed by atoms with van der Waals surface area (Å²) in [7, 11) is 0. The van der Waals surface area contributed by atoms with Crippen LogP contribution in [0.25, 0.3) is 6.58 Å². The predicted octanol–water partition coefficient (Wildman–Crippen LogP) is 2.48. The van der Waals surface area contributed by atoms with Gasteiger partial charge in [-0.3, -0.25) is 14.6 Å². The molecule has 0 saturated heterocycles. The second-order valence-corrected chi connectivity index (χ2v) is 7.45. The second kappa shape index (κ2) is 8.41. The molecule has 30 heavy (non-hydrogen) atoms. The molecule has 2 aromatic carbocycles. The average molecular weight is 404 g/mol. The highest BCUT2D eigenvalue weighted by Gasteiger charge is 2.15. The Morgan fingerprint density at radius 3 is 2.90 bits per heavy atom. The van der Waals surface area contributed by atoms with E-state index in [0.717, 1.165) is 35.5 Å². The molecule has 1 unspecified atom stereocenters. The van der Waals surface area contributed by atoms with Gasteiger partial charge in [0.15, 0.2) is 0 Å². The molecule has 1 aromatic heterocycles. The maximum Gasteiger partial charge on any atom is 0.274 e. The van der Waals surface area contributed by atoms with E-state index in [1.807, 2.05) is 55.5 Å². The quantitative estimate of drug-likeness (QED) is 0.496. The summed E-state index contributed by atoms with van der Waals surface area (Å²) in [5.41, 5.74) is 2.90. The van der Waals surface area contributed by atoms with Crippen LogP contribution in [-0.4, -0.2) is 21.6 Å². The molecule has 2 heterocycles. The number of carbonyl (C=O) groups is 1. The third kappa shape index (κ3) is 4.35. The van der Waals surface area contributed by atoms with E-state index in [9.17, 15) is 9.59 Å². The lowest BCUT2D eigenvalue weighted by Crippen LogP contribution is -2.32. The molecule has 1 aliphatic rings. The van der Waals surface area contributed by atoms with Gasteiger partial charge < -0.3 is 14.6 Å². The summed E-state index contributed by atoms with van der Waals surface area (Å²) in [5.74, 6) is 0.752. The lowest BCUT2D eigenvalue weighted by molar-refractivity contribution is -0.116. The number of fused-ring (bicyclic) bond motifs is 2. The number of carbonyl (C=O) groups excluding carboxylic acids is 1. The van der Waals surface area contributed by atoms with Crippen LogP contribution in [0.4, 0.5) is 11.4 Å². The fraction of sp³-hybridized carbons (Fsp3) is 0.261. The summed E-state index contributed by atoms with van der Waals surface area (Å²) < 4.78 is 7.80. The predicted molar refractivity (Wildman–Crippen MR) is 116 cm³/mol. The van der Waals surface area contributed by atoms with Crippen molar-refractivity contribution in [2.75, 3.05) is 5.32 Å². The maximum absolute atomic E-state index is 12.0. The number of nitrogens with one attached hydrogen (secondary N) is 2. The normalized spacial score (nSPS) is 13.0. The van der Waals surface area contributed by atoms with Gasteiger partial charge in [-0.1, -0.05) is 24.8 Å². The fourth-order valence-corrected chi connectivity index (χ4v) is 3.49. The van der Waals surface area contributed by atoms with Gasteiger partial charge in [0.25, 0.3) is 5.56 Å². The van der Waals surface area contributed by atoms with Crippen LogP contribution in [0.3, 0.4) is 0 Å². The van der Waals surface area contributed by atoms with E-state index >= 15 is 0 Å². The Bertz CT molecular complexity index is 1230. The lowest BCUT2D eigenvalue weighted by atomic mass is 10.1. The van der Waals surface area contributed by atoms with Crippen LogP contribution in [0.2, 0.25) is 0 Å². The van der Waals surface area contributed by atoms with Crippen LogP contribution in [0, 0.1) is 0 Å². The number of amides is 1. The average Bonchev–Trinajstić information content (AvgIpc) is 3.00. The number of rotatable bonds is 7. The first-order valence-electron chi connectivity index (χ1n) is 10.0. The van der Waals surface area contributed by atoms with Crippen LogP contribution >= 0.6 is 0 Å². The van der Waals surface area contributed by atoms with Crippen molar-refractivity contribution in [1.29, 1.82) is 0 Å². The van der Waals surface area contributed by atoms with Crippen LogP contribution in [0.15, 0.2) is 58.3 Å². The second-order valence-electron chi connectivity index (χ2n) is 7.45. The zero-order chi connectivity index (χ0) is 21.1. The molecule has 3 aromatic rings. The molecule has 2 N–H and O–H groups in total. The summed E-state index contributed by atoms with van der Waals surface area (Å²) in [6.45, 7) is 6.33. The van der Waals surface area contributed by atoms with Gasteiger partial charge in [0, 0.05) is 17.7 Å². The summed E-state index contributed by atoms with van der Waals surface area (Å²) in [5, 5.41) is 3.29. The number of hydrogen-bond acceptors (Lipinski definition) is 4. The lowest BCUT2D eigenvalue weighted by Gasteiger charge is -2.17. The zero-order valence-electron chi connectivity index (χ0n) is 16.9. The van der Waals surface area contributed by atoms with E-state index in [1.165, 1.54) is 0 Å². The highest BCUT2D eigenvalue weighted by molar-refractivity contribution is 5.90. The first-order chi connectivity index (χ1) is 14.5. The minimum absolute atomic E-state index is 0.00449. The molecule has 1 atom stereocenters. The summed E-state index contributed by atoms with van der Waals surface area (Å²) >= 11 is 0. The Labute approximate surface area is 173 Å². The number of aromatic amines is 1. The van der Waals surface area contributed by atoms with E-state index in [2.05, 4.69) is 21.9 Å². The van der Waals surface area contributed by atoms with E-state index in [4.69, 9.17) is 4.74 Å². The number of ether oxygens (including phenoxy) is 1. The molecular formula is C23H24N4O3. The largest absolute Gasteiger partial charge is 0.491 e. The molecule has 1 aliphatic heterocycles. The number of imidazole rings is 1. The van der Waals surface area contributed by atoms with Gasteiger partial charge in [-0.05, 0) is 50.1 Å². The Kier molecular flexibility index (Phi) is 5.52. The molecule has 0 saturated carbocycles. The molecule has 0 spiro atoms. The number of anilines is 1. The Balaban J connectivity index is 1.31. The number of aromatic nitrogens is 2. The monoisotopic (exact) mass is 404 g/mol. The summed E-state index contributed by atoms with van der Waals surface area (Å²) in [6, 6.07) is 15.2. The van der Waals surface area contributed by atoms with Crippen LogP contribution < -0.4 is 26.6 Å². The highest BCUT2D eigenvalue weighted by Crippen LogP contribution is 2.27. The maximum atomic E-state index is 12.0. The Hall–Kier alpha value is -3.61. The molecule has 1 amide bonds. The van der Waals surface area contributed by atoms with Crippen LogP contribution in [0.5, 0.6) is 5.75 Å². The van der Waals surface area contributed by atoms with E-state index in [-0.39, 0.29) is 17.6 Å². The zero-order valence-corrected chi connectivity index (χ0v) is 16.9. The topological polar surface area (TPSA) is 88.5 Å². The van der Waals surface area contributed by atoms with E-state index < -0.39 is 0 Å². The van der Waals surface area contributed by atoms with Crippen molar-refractivity contribution in [3.63, 3.8) is 0 Å². The fourth-order valence-electron chi connectivity index (χ4n) is 3.49. The Morgan fingerprint density at radius 1 is 1.30 bits per heavy atom. The van der Waals surface area contributed by atoms with Gasteiger partial charge in [-0.25, -0.2) is 4.99 Å². The number of hydrogen-bond donors (Lipinski definition) is 2. The van der Waals surface area contributed by atoms with Crippen molar-refractivity contribution in [3.8, 4) is 5.75 Å². The van der Waals surface area contributed by atoms with Crippen molar-refractivity contribution >= 4 is 23.9 Å². The van der Waals surface area contributed by atoms with Crippen molar-refractivity contribution in [2.24, 2.45) is 4.99 Å². The van der Waals surface area contributed by atoms with Crippen LogP contribution in [-0.2, 0) is 11.3 Å². The Morgan fingerprint density at radius 2 is 2.10 bits per heavy atom. The number of H-pyrrole nitrogens is 1. The van der Waals surface area contributed by atoms with E-state index in [0.29, 0.717) is 23.9 Å². The van der Waals surface area contributed by atoms with Crippen molar-refractivity contribution in [3.05, 3.63) is 75.4 Å². The minimum Gasteiger partial charge on any atom is -0.491 e. The van der Waals surface area contributed by atoms with Crippen molar-refractivity contribution < 1.29 is 9.53 Å². The number of benzene rings is 2.